The third kappa shape index (κ3) is 8.98. The maximum atomic E-state index is 14.5. The molecule has 0 aromatic heterocycles. The number of amides is 2. The van der Waals surface area contributed by atoms with Crippen molar-refractivity contribution in [1.82, 2.24) is 10.2 Å². The molecule has 242 valence electrons. The molecule has 1 atom stereocenters. The van der Waals surface area contributed by atoms with E-state index in [1.165, 1.54) is 24.1 Å². The third-order valence-electron chi connectivity index (χ3n) is 7.37. The van der Waals surface area contributed by atoms with Gasteiger partial charge in [-0.15, -0.1) is 0 Å². The number of methoxy groups -OCH3 is 1. The first kappa shape index (κ1) is 35.2. The molecular weight excluding hydrogens is 734 g/mol. The van der Waals surface area contributed by atoms with E-state index in [2.05, 4.69) is 37.2 Å². The number of carbonyl (C=O) groups excluding carboxylic acids is 2. The fraction of sp³-hybridized carbons (Fsp3) is 0.257. The van der Waals surface area contributed by atoms with Gasteiger partial charge >= 0.3 is 0 Å². The fourth-order valence-electron chi connectivity index (χ4n) is 4.93. The number of hydrogen-bond donors (Lipinski definition) is 1. The Kier molecular flexibility index (Phi) is 12.4. The molecule has 0 aliphatic carbocycles. The fourth-order valence-corrected chi connectivity index (χ4v) is 7.51. The molecular formula is C35H37Br2N3O5S. The minimum atomic E-state index is -4.25. The van der Waals surface area contributed by atoms with Crippen molar-refractivity contribution in [1.29, 1.82) is 0 Å². The first-order chi connectivity index (χ1) is 22.0. The zero-order valence-corrected chi connectivity index (χ0v) is 29.9. The number of nitrogens with zero attached hydrogens (tertiary/aromatic N) is 2. The van der Waals surface area contributed by atoms with E-state index in [1.807, 2.05) is 68.4 Å². The lowest BCUT2D eigenvalue weighted by Crippen LogP contribution is -2.53. The van der Waals surface area contributed by atoms with Gasteiger partial charge in [0.1, 0.15) is 18.3 Å². The number of aryl methyl sites for hydroxylation is 1. The number of ether oxygens (including phenoxy) is 1. The molecule has 0 saturated heterocycles. The molecule has 0 radical (unpaired) electrons. The molecule has 4 rings (SSSR count). The Morgan fingerprint density at radius 2 is 1.59 bits per heavy atom. The van der Waals surface area contributed by atoms with Crippen LogP contribution in [0.5, 0.6) is 5.75 Å². The number of anilines is 1. The first-order valence-electron chi connectivity index (χ1n) is 14.8. The summed E-state index contributed by atoms with van der Waals surface area (Å²) < 4.78 is 36.2. The number of rotatable bonds is 14. The van der Waals surface area contributed by atoms with E-state index in [0.717, 1.165) is 31.9 Å². The molecule has 4 aromatic carbocycles. The van der Waals surface area contributed by atoms with Crippen LogP contribution in [0.25, 0.3) is 0 Å². The maximum absolute atomic E-state index is 14.5. The van der Waals surface area contributed by atoms with Crippen molar-refractivity contribution in [3.63, 3.8) is 0 Å². The van der Waals surface area contributed by atoms with Crippen molar-refractivity contribution >= 4 is 59.4 Å². The Balaban J connectivity index is 1.81. The van der Waals surface area contributed by atoms with Gasteiger partial charge in [0.05, 0.1) is 22.2 Å². The minimum absolute atomic E-state index is 0.0198. The Labute approximate surface area is 288 Å². The Bertz CT molecular complexity index is 1750. The van der Waals surface area contributed by atoms with Crippen LogP contribution in [-0.2, 0) is 32.6 Å². The van der Waals surface area contributed by atoms with E-state index < -0.39 is 28.5 Å². The number of nitrogens with one attached hydrogen (secondary N) is 1. The molecule has 11 heteroatoms. The van der Waals surface area contributed by atoms with Crippen LogP contribution in [0.4, 0.5) is 5.69 Å². The van der Waals surface area contributed by atoms with Gasteiger partial charge in [-0.25, -0.2) is 8.42 Å². The monoisotopic (exact) mass is 769 g/mol. The summed E-state index contributed by atoms with van der Waals surface area (Å²) in [5.74, 6) is -0.360. The van der Waals surface area contributed by atoms with Crippen molar-refractivity contribution in [3.8, 4) is 5.75 Å². The van der Waals surface area contributed by atoms with Gasteiger partial charge in [-0.1, -0.05) is 83.0 Å². The van der Waals surface area contributed by atoms with E-state index in [4.69, 9.17) is 4.74 Å². The highest BCUT2D eigenvalue weighted by atomic mass is 79.9. The summed E-state index contributed by atoms with van der Waals surface area (Å²) >= 11 is 6.89. The van der Waals surface area contributed by atoms with Crippen LogP contribution in [0.15, 0.2) is 111 Å². The zero-order chi connectivity index (χ0) is 33.3. The number of halogens is 2. The quantitative estimate of drug-likeness (QED) is 0.151. The predicted molar refractivity (Wildman–Crippen MR) is 188 cm³/mol. The van der Waals surface area contributed by atoms with Crippen molar-refractivity contribution in [3.05, 3.63) is 123 Å². The lowest BCUT2D eigenvalue weighted by molar-refractivity contribution is -0.140. The second-order valence-electron chi connectivity index (χ2n) is 10.8. The second-order valence-corrected chi connectivity index (χ2v) is 14.4. The van der Waals surface area contributed by atoms with Crippen molar-refractivity contribution in [2.75, 3.05) is 24.5 Å². The van der Waals surface area contributed by atoms with Crippen LogP contribution in [0.1, 0.15) is 30.0 Å². The number of benzene rings is 4. The van der Waals surface area contributed by atoms with E-state index in [9.17, 15) is 18.0 Å². The smallest absolute Gasteiger partial charge is 0.264 e. The summed E-state index contributed by atoms with van der Waals surface area (Å²) in [7, 11) is -2.76. The molecule has 0 aliphatic heterocycles. The van der Waals surface area contributed by atoms with E-state index in [1.54, 1.807) is 30.3 Å². The van der Waals surface area contributed by atoms with Gasteiger partial charge in [-0.2, -0.15) is 0 Å². The van der Waals surface area contributed by atoms with Crippen molar-refractivity contribution < 1.29 is 22.7 Å². The minimum Gasteiger partial charge on any atom is -0.496 e. The van der Waals surface area contributed by atoms with E-state index >= 15 is 0 Å². The van der Waals surface area contributed by atoms with Gasteiger partial charge in [0.2, 0.25) is 11.8 Å². The van der Waals surface area contributed by atoms with Crippen LogP contribution < -0.4 is 14.4 Å². The van der Waals surface area contributed by atoms with Crippen LogP contribution in [0, 0.1) is 6.92 Å². The first-order valence-corrected chi connectivity index (χ1v) is 17.8. The largest absolute Gasteiger partial charge is 0.496 e. The summed E-state index contributed by atoms with van der Waals surface area (Å²) in [6, 6.07) is 27.5. The Hall–Kier alpha value is -3.67. The van der Waals surface area contributed by atoms with Crippen molar-refractivity contribution in [2.45, 2.75) is 44.2 Å². The normalized spacial score (nSPS) is 11.8. The standard InChI is InChI=1S/C35H37Br2N3O5S/c1-4-19-38-35(42)32(21-26-9-6-5-7-10-26)39(23-27-11-8-12-28(36)20-27)34(41)24-40(29-15-13-25(2)14-16-29)46(43,44)30-17-18-33(45-3)31(37)22-30/h5-18,20,22,32H,4,19,21,23-24H2,1-3H3,(H,38,42)/t32-/m1/s1. The van der Waals surface area contributed by atoms with E-state index in [-0.39, 0.29) is 23.8 Å². The van der Waals surface area contributed by atoms with Gasteiger partial charge in [0, 0.05) is 24.0 Å². The third-order valence-corrected chi connectivity index (χ3v) is 10.3. The molecule has 1 N–H and O–H groups in total. The molecule has 0 bridgehead atoms. The molecule has 0 spiro atoms. The van der Waals surface area contributed by atoms with Gasteiger partial charge in [-0.05, 0) is 82.9 Å². The molecule has 0 aliphatic rings. The highest BCUT2D eigenvalue weighted by Crippen LogP contribution is 2.31. The van der Waals surface area contributed by atoms with Crippen LogP contribution in [0.3, 0.4) is 0 Å². The molecule has 4 aromatic rings. The number of hydrogen-bond acceptors (Lipinski definition) is 5. The topological polar surface area (TPSA) is 96.0 Å². The maximum Gasteiger partial charge on any atom is 0.264 e. The summed E-state index contributed by atoms with van der Waals surface area (Å²) in [5.41, 5.74) is 2.92. The Morgan fingerprint density at radius 3 is 2.22 bits per heavy atom. The lowest BCUT2D eigenvalue weighted by atomic mass is 10.0. The van der Waals surface area contributed by atoms with Gasteiger partial charge in [0.15, 0.2) is 0 Å². The van der Waals surface area contributed by atoms with Crippen LogP contribution in [0.2, 0.25) is 0 Å². The van der Waals surface area contributed by atoms with E-state index in [0.29, 0.717) is 22.5 Å². The van der Waals surface area contributed by atoms with Gasteiger partial charge in [-0.3, -0.25) is 13.9 Å². The highest BCUT2D eigenvalue weighted by molar-refractivity contribution is 9.10. The summed E-state index contributed by atoms with van der Waals surface area (Å²) in [4.78, 5) is 29.8. The molecule has 0 unspecified atom stereocenters. The predicted octanol–water partition coefficient (Wildman–Crippen LogP) is 6.89. The lowest BCUT2D eigenvalue weighted by Gasteiger charge is -2.34. The molecule has 0 saturated carbocycles. The molecule has 0 fully saturated rings. The molecule has 8 nitrogen and oxygen atoms in total. The van der Waals surface area contributed by atoms with Crippen molar-refractivity contribution in [2.24, 2.45) is 0 Å². The molecule has 46 heavy (non-hydrogen) atoms. The number of carbonyl (C=O) groups is 2. The highest BCUT2D eigenvalue weighted by Gasteiger charge is 2.34. The SMILES string of the molecule is CCCNC(=O)[C@@H](Cc1ccccc1)N(Cc1cccc(Br)c1)C(=O)CN(c1ccc(C)cc1)S(=O)(=O)c1ccc(OC)c(Br)c1. The summed E-state index contributed by atoms with van der Waals surface area (Å²) in [6.45, 7) is 3.86. The average Bonchev–Trinajstić information content (AvgIpc) is 3.05. The van der Waals surface area contributed by atoms with Crippen LogP contribution >= 0.6 is 31.9 Å². The molecule has 0 heterocycles. The Morgan fingerprint density at radius 1 is 0.891 bits per heavy atom. The molecule has 2 amide bonds. The van der Waals surface area contributed by atoms with Crippen LogP contribution in [-0.4, -0.2) is 51.4 Å². The summed E-state index contributed by atoms with van der Waals surface area (Å²) in [5, 5.41) is 2.96. The summed E-state index contributed by atoms with van der Waals surface area (Å²) in [6.07, 6.45) is 0.971. The number of sulfonamides is 1. The zero-order valence-electron chi connectivity index (χ0n) is 26.0. The van der Waals surface area contributed by atoms with Gasteiger partial charge < -0.3 is 15.0 Å². The average molecular weight is 772 g/mol. The van der Waals surface area contributed by atoms with Gasteiger partial charge in [0.25, 0.3) is 10.0 Å². The second kappa shape index (κ2) is 16.2.